The maximum atomic E-state index is 11.3. The van der Waals surface area contributed by atoms with Gasteiger partial charge < -0.3 is 4.74 Å². The first kappa shape index (κ1) is 7.53. The van der Waals surface area contributed by atoms with Crippen molar-refractivity contribution in [3.05, 3.63) is 12.2 Å². The monoisotopic (exact) mass is 166 g/mol. The number of ketones is 1. The van der Waals surface area contributed by atoms with Crippen molar-refractivity contribution in [3.8, 4) is 0 Å². The summed E-state index contributed by atoms with van der Waals surface area (Å²) in [6.45, 7) is 3.65. The molecule has 2 aliphatic carbocycles. The Bertz CT molecular complexity index is 292. The van der Waals surface area contributed by atoms with Crippen LogP contribution in [-0.4, -0.2) is 18.9 Å². The molecular formula is C9H10O3. The standard InChI is InChI=1S/C9H10O3/c1-5-7(10)3-6-4-9(5,6)8(11)12-2/h6H,1,3-4H2,2H3/t6-,9+/m1/s1. The Kier molecular flexibility index (Phi) is 1.24. The highest BCUT2D eigenvalue weighted by molar-refractivity contribution is 6.08. The predicted octanol–water partition coefficient (Wildman–Crippen LogP) is 0.695. The maximum absolute atomic E-state index is 11.3. The van der Waals surface area contributed by atoms with Gasteiger partial charge in [-0.1, -0.05) is 6.58 Å². The summed E-state index contributed by atoms with van der Waals surface area (Å²) in [4.78, 5) is 22.4. The van der Waals surface area contributed by atoms with Gasteiger partial charge in [0, 0.05) is 12.0 Å². The minimum absolute atomic E-state index is 0.0247. The van der Waals surface area contributed by atoms with Crippen molar-refractivity contribution in [3.63, 3.8) is 0 Å². The molecule has 2 atom stereocenters. The SMILES string of the molecule is C=C1C(=O)C[C@@H]2C[C@]12C(=O)OC. The number of Topliss-reactive ketones (excluding diaryl/α,β-unsaturated/α-hetero) is 1. The lowest BCUT2D eigenvalue weighted by Gasteiger charge is -2.09. The lowest BCUT2D eigenvalue weighted by Crippen LogP contribution is -2.20. The van der Waals surface area contributed by atoms with E-state index in [9.17, 15) is 9.59 Å². The fraction of sp³-hybridized carbons (Fsp3) is 0.556. The van der Waals surface area contributed by atoms with Crippen molar-refractivity contribution in [1.82, 2.24) is 0 Å². The van der Waals surface area contributed by atoms with Crippen LogP contribution >= 0.6 is 0 Å². The molecule has 2 saturated carbocycles. The van der Waals surface area contributed by atoms with Gasteiger partial charge in [-0.3, -0.25) is 9.59 Å². The van der Waals surface area contributed by atoms with Crippen molar-refractivity contribution in [2.24, 2.45) is 11.3 Å². The number of hydrogen-bond acceptors (Lipinski definition) is 3. The molecule has 0 bridgehead atoms. The van der Waals surface area contributed by atoms with E-state index in [2.05, 4.69) is 11.3 Å². The Hall–Kier alpha value is -1.12. The maximum Gasteiger partial charge on any atom is 0.316 e. The van der Waals surface area contributed by atoms with Gasteiger partial charge in [0.2, 0.25) is 0 Å². The molecule has 0 aromatic rings. The van der Waals surface area contributed by atoms with Gasteiger partial charge in [-0.05, 0) is 12.3 Å². The van der Waals surface area contributed by atoms with Crippen molar-refractivity contribution in [1.29, 1.82) is 0 Å². The van der Waals surface area contributed by atoms with E-state index in [1.807, 2.05) is 0 Å². The van der Waals surface area contributed by atoms with Gasteiger partial charge in [-0.25, -0.2) is 0 Å². The summed E-state index contributed by atoms with van der Waals surface area (Å²) in [7, 11) is 1.35. The first-order valence-corrected chi connectivity index (χ1v) is 3.94. The number of hydrogen-bond donors (Lipinski definition) is 0. The van der Waals surface area contributed by atoms with Crippen LogP contribution in [0, 0.1) is 11.3 Å². The highest BCUT2D eigenvalue weighted by Gasteiger charge is 2.68. The largest absolute Gasteiger partial charge is 0.468 e. The molecule has 0 N–H and O–H groups in total. The molecule has 64 valence electrons. The number of rotatable bonds is 1. The van der Waals surface area contributed by atoms with E-state index in [1.165, 1.54) is 7.11 Å². The molecule has 0 heterocycles. The van der Waals surface area contributed by atoms with E-state index in [0.29, 0.717) is 12.0 Å². The average molecular weight is 166 g/mol. The van der Waals surface area contributed by atoms with Gasteiger partial charge in [0.25, 0.3) is 0 Å². The fourth-order valence-corrected chi connectivity index (χ4v) is 2.10. The van der Waals surface area contributed by atoms with Crippen LogP contribution in [-0.2, 0) is 14.3 Å². The number of fused-ring (bicyclic) bond motifs is 1. The molecule has 0 radical (unpaired) electrons. The normalized spacial score (nSPS) is 37.9. The Morgan fingerprint density at radius 2 is 2.42 bits per heavy atom. The van der Waals surface area contributed by atoms with Gasteiger partial charge >= 0.3 is 5.97 Å². The lowest BCUT2D eigenvalue weighted by atomic mass is 9.99. The first-order valence-electron chi connectivity index (χ1n) is 3.94. The van der Waals surface area contributed by atoms with Crippen molar-refractivity contribution >= 4 is 11.8 Å². The lowest BCUT2D eigenvalue weighted by molar-refractivity contribution is -0.146. The van der Waals surface area contributed by atoms with Crippen LogP contribution in [0.2, 0.25) is 0 Å². The van der Waals surface area contributed by atoms with Crippen LogP contribution in [0.1, 0.15) is 12.8 Å². The van der Waals surface area contributed by atoms with E-state index in [1.54, 1.807) is 0 Å². The summed E-state index contributed by atoms with van der Waals surface area (Å²) in [5.74, 6) is -0.0787. The summed E-state index contributed by atoms with van der Waals surface area (Å²) in [6, 6.07) is 0. The number of methoxy groups -OCH3 is 1. The van der Waals surface area contributed by atoms with E-state index >= 15 is 0 Å². The van der Waals surface area contributed by atoms with Crippen LogP contribution in [0.3, 0.4) is 0 Å². The third-order valence-electron chi connectivity index (χ3n) is 2.96. The molecule has 3 nitrogen and oxygen atoms in total. The highest BCUT2D eigenvalue weighted by atomic mass is 16.5. The fourth-order valence-electron chi connectivity index (χ4n) is 2.10. The summed E-state index contributed by atoms with van der Waals surface area (Å²) in [5.41, 5.74) is -0.148. The molecule has 12 heavy (non-hydrogen) atoms. The molecule has 0 amide bonds. The van der Waals surface area contributed by atoms with Gasteiger partial charge in [0.05, 0.1) is 12.5 Å². The molecule has 0 aromatic heterocycles. The van der Waals surface area contributed by atoms with Gasteiger partial charge in [0.1, 0.15) is 0 Å². The summed E-state index contributed by atoms with van der Waals surface area (Å²) >= 11 is 0. The third kappa shape index (κ3) is 0.618. The average Bonchev–Trinajstić information content (AvgIpc) is 2.72. The van der Waals surface area contributed by atoms with Crippen LogP contribution in [0.25, 0.3) is 0 Å². The van der Waals surface area contributed by atoms with Crippen LogP contribution in [0.5, 0.6) is 0 Å². The van der Waals surface area contributed by atoms with Crippen LogP contribution in [0.4, 0.5) is 0 Å². The third-order valence-corrected chi connectivity index (χ3v) is 2.96. The van der Waals surface area contributed by atoms with Gasteiger partial charge in [0.15, 0.2) is 5.78 Å². The summed E-state index contributed by atoms with van der Waals surface area (Å²) in [5, 5.41) is 0. The smallest absolute Gasteiger partial charge is 0.316 e. The zero-order chi connectivity index (χ0) is 8.93. The molecule has 2 aliphatic rings. The number of carbonyl (C=O) groups excluding carboxylic acids is 2. The summed E-state index contributed by atoms with van der Waals surface area (Å²) < 4.78 is 4.65. The predicted molar refractivity (Wildman–Crippen MR) is 41.3 cm³/mol. The molecule has 2 rings (SSSR count). The van der Waals surface area contributed by atoms with Crippen molar-refractivity contribution in [2.45, 2.75) is 12.8 Å². The first-order chi connectivity index (χ1) is 5.63. The van der Waals surface area contributed by atoms with Gasteiger partial charge in [-0.15, -0.1) is 0 Å². The molecule has 0 aromatic carbocycles. The zero-order valence-corrected chi connectivity index (χ0v) is 6.92. The van der Waals surface area contributed by atoms with Crippen molar-refractivity contribution in [2.75, 3.05) is 7.11 Å². The number of carbonyl (C=O) groups is 2. The number of esters is 1. The highest BCUT2D eigenvalue weighted by Crippen LogP contribution is 2.64. The molecule has 0 saturated heterocycles. The van der Waals surface area contributed by atoms with E-state index in [-0.39, 0.29) is 17.7 Å². The van der Waals surface area contributed by atoms with E-state index < -0.39 is 5.41 Å². The number of ether oxygens (including phenoxy) is 1. The van der Waals surface area contributed by atoms with Gasteiger partial charge in [-0.2, -0.15) is 0 Å². The molecule has 0 spiro atoms. The summed E-state index contributed by atoms with van der Waals surface area (Å²) in [6.07, 6.45) is 1.23. The minimum Gasteiger partial charge on any atom is -0.468 e. The van der Waals surface area contributed by atoms with Crippen LogP contribution in [0.15, 0.2) is 12.2 Å². The van der Waals surface area contributed by atoms with Crippen LogP contribution < -0.4 is 0 Å². The second-order valence-electron chi connectivity index (χ2n) is 3.47. The Morgan fingerprint density at radius 1 is 1.75 bits per heavy atom. The Labute approximate surface area is 70.4 Å². The van der Waals surface area contributed by atoms with E-state index in [4.69, 9.17) is 0 Å². The molecule has 0 aliphatic heterocycles. The molecule has 2 fully saturated rings. The molecule has 3 heteroatoms. The zero-order valence-electron chi connectivity index (χ0n) is 6.92. The second kappa shape index (κ2) is 1.97. The van der Waals surface area contributed by atoms with E-state index in [0.717, 1.165) is 6.42 Å². The Morgan fingerprint density at radius 3 is 2.83 bits per heavy atom. The minimum atomic E-state index is -0.605. The second-order valence-corrected chi connectivity index (χ2v) is 3.47. The molecule has 0 unspecified atom stereocenters. The topological polar surface area (TPSA) is 43.4 Å². The van der Waals surface area contributed by atoms with Crippen molar-refractivity contribution < 1.29 is 14.3 Å². The molecular weight excluding hydrogens is 156 g/mol. The Balaban J connectivity index is 2.31. The quantitative estimate of drug-likeness (QED) is 0.425.